The minimum Gasteiger partial charge on any atom is -0.397 e. The number of aromatic amines is 2. The van der Waals surface area contributed by atoms with Gasteiger partial charge in [-0.25, -0.2) is 4.98 Å². The van der Waals surface area contributed by atoms with Gasteiger partial charge in [0.2, 0.25) is 0 Å². The number of nitrogens with zero attached hydrogens (tertiary/aromatic N) is 5. The molecule has 5 aromatic rings. The van der Waals surface area contributed by atoms with Crippen LogP contribution in [0.25, 0.3) is 44.3 Å². The van der Waals surface area contributed by atoms with E-state index in [0.717, 1.165) is 55.8 Å². The molecule has 1 aromatic carbocycles. The number of hydrogen-bond acceptors (Lipinski definition) is 6. The molecule has 0 fully saturated rings. The predicted molar refractivity (Wildman–Crippen MR) is 131 cm³/mol. The summed E-state index contributed by atoms with van der Waals surface area (Å²) in [6, 6.07) is 12.1. The van der Waals surface area contributed by atoms with Gasteiger partial charge in [-0.3, -0.25) is 15.1 Å². The van der Waals surface area contributed by atoms with E-state index in [4.69, 9.17) is 5.73 Å². The molecule has 0 aliphatic heterocycles. The van der Waals surface area contributed by atoms with Crippen LogP contribution in [0.1, 0.15) is 6.92 Å². The van der Waals surface area contributed by atoms with Gasteiger partial charge in [0.1, 0.15) is 11.5 Å². The van der Waals surface area contributed by atoms with Crippen LogP contribution in [-0.2, 0) is 0 Å². The van der Waals surface area contributed by atoms with E-state index in [0.29, 0.717) is 5.69 Å². The number of hydrogen-bond donors (Lipinski definition) is 3. The van der Waals surface area contributed by atoms with Crippen molar-refractivity contribution in [2.45, 2.75) is 6.92 Å². The van der Waals surface area contributed by atoms with Gasteiger partial charge in [-0.1, -0.05) is 6.07 Å². The van der Waals surface area contributed by atoms with Crippen molar-refractivity contribution in [3.63, 3.8) is 0 Å². The van der Waals surface area contributed by atoms with Crippen LogP contribution in [0.15, 0.2) is 71.9 Å². The van der Waals surface area contributed by atoms with Gasteiger partial charge in [0.15, 0.2) is 0 Å². The monoisotopic (exact) mass is 422 g/mol. The number of pyridine rings is 2. The summed E-state index contributed by atoms with van der Waals surface area (Å²) in [6.45, 7) is 5.47. The molecule has 8 nitrogen and oxygen atoms in total. The first-order valence-corrected chi connectivity index (χ1v) is 10.1. The summed E-state index contributed by atoms with van der Waals surface area (Å²) in [5, 5.41) is 9.71. The molecule has 4 N–H and O–H groups in total. The van der Waals surface area contributed by atoms with Crippen molar-refractivity contribution in [2.24, 2.45) is 4.99 Å². The summed E-state index contributed by atoms with van der Waals surface area (Å²) in [5.74, 6) is 0.819. The minimum atomic E-state index is 0.630. The number of nitrogens with two attached hydrogens (primary N) is 1. The van der Waals surface area contributed by atoms with Crippen LogP contribution in [0, 0.1) is 0 Å². The maximum Gasteiger partial charge on any atom is 0.141 e. The summed E-state index contributed by atoms with van der Waals surface area (Å²) < 4.78 is 0. The highest BCUT2D eigenvalue weighted by Gasteiger charge is 2.15. The molecular formula is C24H22N8. The highest BCUT2D eigenvalue weighted by atomic mass is 15.2. The second-order valence-corrected chi connectivity index (χ2v) is 7.66. The van der Waals surface area contributed by atoms with Crippen molar-refractivity contribution in [3.8, 4) is 22.5 Å². The van der Waals surface area contributed by atoms with E-state index < -0.39 is 0 Å². The Bertz CT molecular complexity index is 1490. The van der Waals surface area contributed by atoms with Crippen molar-refractivity contribution in [3.05, 3.63) is 66.9 Å². The van der Waals surface area contributed by atoms with E-state index in [1.54, 1.807) is 12.4 Å². The van der Waals surface area contributed by atoms with Gasteiger partial charge in [0, 0.05) is 48.2 Å². The van der Waals surface area contributed by atoms with Crippen LogP contribution in [0.4, 0.5) is 11.5 Å². The first-order chi connectivity index (χ1) is 15.5. The van der Waals surface area contributed by atoms with Crippen LogP contribution >= 0.6 is 0 Å². The number of aliphatic imine (C=N–C) groups is 1. The van der Waals surface area contributed by atoms with Crippen LogP contribution < -0.4 is 10.6 Å². The molecular weight excluding hydrogens is 400 g/mol. The first-order valence-electron chi connectivity index (χ1n) is 10.1. The van der Waals surface area contributed by atoms with E-state index in [2.05, 4.69) is 49.0 Å². The highest BCUT2D eigenvalue weighted by molar-refractivity contribution is 6.00. The van der Waals surface area contributed by atoms with Crippen LogP contribution in [-0.4, -0.2) is 38.9 Å². The van der Waals surface area contributed by atoms with Gasteiger partial charge in [0.25, 0.3) is 0 Å². The lowest BCUT2D eigenvalue weighted by atomic mass is 10.0. The number of rotatable bonds is 5. The largest absolute Gasteiger partial charge is 0.397 e. The Labute approximate surface area is 184 Å². The number of aromatic nitrogens is 5. The Morgan fingerprint density at radius 2 is 1.97 bits per heavy atom. The molecule has 0 aliphatic carbocycles. The van der Waals surface area contributed by atoms with Gasteiger partial charge >= 0.3 is 0 Å². The molecule has 0 radical (unpaired) electrons. The molecule has 0 amide bonds. The van der Waals surface area contributed by atoms with E-state index in [-0.39, 0.29) is 0 Å². The molecule has 4 aromatic heterocycles. The second kappa shape index (κ2) is 7.66. The summed E-state index contributed by atoms with van der Waals surface area (Å²) in [7, 11) is 1.94. The normalized spacial score (nSPS) is 11.9. The minimum absolute atomic E-state index is 0.630. The topological polar surface area (TPSA) is 112 Å². The second-order valence-electron chi connectivity index (χ2n) is 7.66. The third-order valence-electron chi connectivity index (χ3n) is 5.40. The lowest BCUT2D eigenvalue weighted by molar-refractivity contribution is 1.11. The molecule has 0 aliphatic rings. The SMILES string of the molecule is C=N/C(C)=C\N(C)c1nccc2[nH]c(-c3n[nH]c4ccc(-c5cncc(N)c5)cc34)cc12. The molecule has 32 heavy (non-hydrogen) atoms. The number of nitrogens with one attached hydrogen (secondary N) is 2. The number of H-pyrrole nitrogens is 2. The molecule has 0 spiro atoms. The zero-order chi connectivity index (χ0) is 22.2. The van der Waals surface area contributed by atoms with Crippen molar-refractivity contribution >= 4 is 40.0 Å². The predicted octanol–water partition coefficient (Wildman–Crippen LogP) is 4.75. The van der Waals surface area contributed by atoms with E-state index in [9.17, 15) is 0 Å². The number of anilines is 2. The fourth-order valence-corrected chi connectivity index (χ4v) is 3.84. The Hall–Kier alpha value is -4.46. The van der Waals surface area contributed by atoms with Crippen molar-refractivity contribution < 1.29 is 0 Å². The van der Waals surface area contributed by atoms with Gasteiger partial charge in [-0.2, -0.15) is 5.10 Å². The van der Waals surface area contributed by atoms with E-state index in [1.165, 1.54) is 0 Å². The molecule has 0 atom stereocenters. The van der Waals surface area contributed by atoms with Crippen molar-refractivity contribution in [1.82, 2.24) is 25.1 Å². The fraction of sp³-hybridized carbons (Fsp3) is 0.0833. The van der Waals surface area contributed by atoms with Crippen molar-refractivity contribution in [2.75, 3.05) is 17.7 Å². The third-order valence-corrected chi connectivity index (χ3v) is 5.40. The van der Waals surface area contributed by atoms with E-state index >= 15 is 0 Å². The summed E-state index contributed by atoms with van der Waals surface area (Å²) >= 11 is 0. The molecule has 0 saturated carbocycles. The third kappa shape index (κ3) is 3.37. The van der Waals surface area contributed by atoms with E-state index in [1.807, 2.05) is 55.5 Å². The highest BCUT2D eigenvalue weighted by Crippen LogP contribution is 2.34. The average Bonchev–Trinajstić information content (AvgIpc) is 3.42. The van der Waals surface area contributed by atoms with Gasteiger partial charge in [0.05, 0.1) is 28.1 Å². The Morgan fingerprint density at radius 1 is 1.09 bits per heavy atom. The Balaban J connectivity index is 1.62. The Morgan fingerprint density at radius 3 is 2.78 bits per heavy atom. The van der Waals surface area contributed by atoms with Gasteiger partial charge < -0.3 is 15.6 Å². The molecule has 0 bridgehead atoms. The van der Waals surface area contributed by atoms with Crippen LogP contribution in [0.5, 0.6) is 0 Å². The fourth-order valence-electron chi connectivity index (χ4n) is 3.84. The summed E-state index contributed by atoms with van der Waals surface area (Å²) in [6.07, 6.45) is 7.13. The number of fused-ring (bicyclic) bond motifs is 2. The molecule has 8 heteroatoms. The number of nitrogen functional groups attached to an aromatic ring is 1. The van der Waals surface area contributed by atoms with Crippen LogP contribution in [0.2, 0.25) is 0 Å². The molecule has 158 valence electrons. The maximum atomic E-state index is 5.92. The molecule has 0 saturated heterocycles. The number of allylic oxidation sites excluding steroid dienone is 1. The average molecular weight is 422 g/mol. The maximum absolute atomic E-state index is 5.92. The quantitative estimate of drug-likeness (QED) is 0.354. The zero-order valence-corrected chi connectivity index (χ0v) is 17.8. The first kappa shape index (κ1) is 19.5. The van der Waals surface area contributed by atoms with Crippen molar-refractivity contribution in [1.29, 1.82) is 0 Å². The molecule has 0 unspecified atom stereocenters. The van der Waals surface area contributed by atoms with Crippen LogP contribution in [0.3, 0.4) is 0 Å². The lowest BCUT2D eigenvalue weighted by Crippen LogP contribution is -2.10. The number of benzene rings is 1. The summed E-state index contributed by atoms with van der Waals surface area (Å²) in [4.78, 5) is 18.2. The summed E-state index contributed by atoms with van der Waals surface area (Å²) in [5.41, 5.74) is 13.0. The zero-order valence-electron chi connectivity index (χ0n) is 17.8. The Kier molecular flexibility index (Phi) is 4.67. The molecule has 4 heterocycles. The lowest BCUT2D eigenvalue weighted by Gasteiger charge is -2.14. The van der Waals surface area contributed by atoms with Gasteiger partial charge in [-0.05, 0) is 49.5 Å². The van der Waals surface area contributed by atoms with Gasteiger partial charge in [-0.15, -0.1) is 0 Å². The molecule has 5 rings (SSSR count). The smallest absolute Gasteiger partial charge is 0.141 e. The standard InChI is InChI=1S/C24H22N8/c1-14(26-2)13-32(3)24-19-10-22(29-20(19)6-7-28-24)23-18-9-15(4-5-21(18)30-31-23)16-8-17(25)12-27-11-16/h4-13,29H,2,25H2,1,3H3,(H,30,31)/b14-13-.